The molecule has 0 aliphatic heterocycles. The molecule has 3 nitrogen and oxygen atoms in total. The van der Waals surface area contributed by atoms with Crippen LogP contribution in [0.5, 0.6) is 5.75 Å². The molecule has 0 aliphatic rings. The molecule has 1 N–H and O–H groups in total. The van der Waals surface area contributed by atoms with Crippen LogP contribution in [0.3, 0.4) is 0 Å². The van der Waals surface area contributed by atoms with Crippen molar-refractivity contribution in [3.8, 4) is 17.0 Å². The summed E-state index contributed by atoms with van der Waals surface area (Å²) in [4.78, 5) is 14.9. The van der Waals surface area contributed by atoms with Gasteiger partial charge in [-0.1, -0.05) is 19.9 Å². The second-order valence-electron chi connectivity index (χ2n) is 5.84. The first-order chi connectivity index (χ1) is 11.0. The summed E-state index contributed by atoms with van der Waals surface area (Å²) < 4.78 is 19.0. The average molecular weight is 311 g/mol. The normalized spacial score (nSPS) is 11.2. The van der Waals surface area contributed by atoms with E-state index in [1.807, 2.05) is 18.2 Å². The molecule has 118 valence electrons. The van der Waals surface area contributed by atoms with Gasteiger partial charge in [0.15, 0.2) is 6.29 Å². The molecule has 0 amide bonds. The van der Waals surface area contributed by atoms with E-state index in [0.29, 0.717) is 28.5 Å². The second kappa shape index (κ2) is 5.88. The first kappa shape index (κ1) is 15.3. The lowest BCUT2D eigenvalue weighted by Crippen LogP contribution is -1.92. The van der Waals surface area contributed by atoms with Gasteiger partial charge in [0.2, 0.25) is 0 Å². The van der Waals surface area contributed by atoms with Crippen molar-refractivity contribution in [2.75, 3.05) is 7.11 Å². The Morgan fingerprint density at radius 1 is 1.17 bits per heavy atom. The van der Waals surface area contributed by atoms with Gasteiger partial charge in [0.1, 0.15) is 11.6 Å². The van der Waals surface area contributed by atoms with Crippen molar-refractivity contribution >= 4 is 17.2 Å². The van der Waals surface area contributed by atoms with E-state index in [4.69, 9.17) is 4.74 Å². The number of ether oxygens (including phenoxy) is 1. The minimum Gasteiger partial charge on any atom is -0.496 e. The Morgan fingerprint density at radius 2 is 1.96 bits per heavy atom. The number of rotatable bonds is 4. The van der Waals surface area contributed by atoms with Gasteiger partial charge in [0.05, 0.1) is 12.8 Å². The molecular weight excluding hydrogens is 293 g/mol. The van der Waals surface area contributed by atoms with Gasteiger partial charge in [-0.05, 0) is 41.8 Å². The third-order valence-corrected chi connectivity index (χ3v) is 4.08. The van der Waals surface area contributed by atoms with Crippen LogP contribution in [0.2, 0.25) is 0 Å². The van der Waals surface area contributed by atoms with Crippen LogP contribution in [-0.2, 0) is 0 Å². The zero-order chi connectivity index (χ0) is 16.6. The molecule has 0 fully saturated rings. The summed E-state index contributed by atoms with van der Waals surface area (Å²) in [5, 5.41) is 0.840. The number of H-pyrrole nitrogens is 1. The van der Waals surface area contributed by atoms with E-state index in [-0.39, 0.29) is 5.82 Å². The fourth-order valence-electron chi connectivity index (χ4n) is 2.80. The highest BCUT2D eigenvalue weighted by molar-refractivity contribution is 6.05. The van der Waals surface area contributed by atoms with Crippen molar-refractivity contribution in [1.82, 2.24) is 4.98 Å². The molecule has 3 aromatic rings. The number of carbonyl (C=O) groups excluding carboxylic acids is 1. The highest BCUT2D eigenvalue weighted by atomic mass is 19.1. The maximum absolute atomic E-state index is 13.7. The molecule has 3 rings (SSSR count). The maximum atomic E-state index is 13.7. The maximum Gasteiger partial charge on any atom is 0.152 e. The van der Waals surface area contributed by atoms with Crippen molar-refractivity contribution in [2.24, 2.45) is 0 Å². The lowest BCUT2D eigenvalue weighted by Gasteiger charge is -2.08. The predicted molar refractivity (Wildman–Crippen MR) is 89.7 cm³/mol. The Morgan fingerprint density at radius 3 is 2.61 bits per heavy atom. The zero-order valence-electron chi connectivity index (χ0n) is 13.3. The number of methoxy groups -OCH3 is 1. The molecule has 0 aliphatic carbocycles. The predicted octanol–water partition coefficient (Wildman–Crippen LogP) is 4.92. The number of carbonyl (C=O) groups is 1. The first-order valence-electron chi connectivity index (χ1n) is 7.50. The average Bonchev–Trinajstić information content (AvgIpc) is 2.92. The van der Waals surface area contributed by atoms with Crippen molar-refractivity contribution in [1.29, 1.82) is 0 Å². The van der Waals surface area contributed by atoms with Gasteiger partial charge in [-0.15, -0.1) is 0 Å². The third kappa shape index (κ3) is 2.61. The number of fused-ring (bicyclic) bond motifs is 1. The summed E-state index contributed by atoms with van der Waals surface area (Å²) in [6, 6.07) is 10.3. The topological polar surface area (TPSA) is 42.1 Å². The van der Waals surface area contributed by atoms with Crippen LogP contribution in [0.25, 0.3) is 22.2 Å². The van der Waals surface area contributed by atoms with E-state index in [2.05, 4.69) is 18.8 Å². The van der Waals surface area contributed by atoms with Crippen molar-refractivity contribution in [3.63, 3.8) is 0 Å². The molecule has 0 atom stereocenters. The molecule has 0 saturated carbocycles. The molecule has 1 aromatic heterocycles. The Hall–Kier alpha value is -2.62. The molecule has 1 heterocycles. The Kier molecular flexibility index (Phi) is 3.90. The summed E-state index contributed by atoms with van der Waals surface area (Å²) in [5.41, 5.74) is 3.63. The number of hydrogen-bond donors (Lipinski definition) is 1. The van der Waals surface area contributed by atoms with Gasteiger partial charge in [0.25, 0.3) is 0 Å². The standard InChI is InChI=1S/C19H18FNO2/c1-11(2)12-4-6-17-14(8-12)16(10-22)19(21-17)15-9-13(20)5-7-18(15)23-3/h4-11,21H,1-3H3. The molecule has 4 heteroatoms. The van der Waals surface area contributed by atoms with Crippen LogP contribution in [-0.4, -0.2) is 18.4 Å². The minimum absolute atomic E-state index is 0.362. The summed E-state index contributed by atoms with van der Waals surface area (Å²) in [5.74, 6) is 0.505. The fraction of sp³-hybridized carbons (Fsp3) is 0.211. The second-order valence-corrected chi connectivity index (χ2v) is 5.84. The lowest BCUT2D eigenvalue weighted by molar-refractivity contribution is 0.112. The third-order valence-electron chi connectivity index (χ3n) is 4.08. The van der Waals surface area contributed by atoms with Crippen molar-refractivity contribution in [2.45, 2.75) is 19.8 Å². The smallest absolute Gasteiger partial charge is 0.152 e. The van der Waals surface area contributed by atoms with Crippen molar-refractivity contribution in [3.05, 3.63) is 53.3 Å². The van der Waals surface area contributed by atoms with E-state index >= 15 is 0 Å². The summed E-state index contributed by atoms with van der Waals surface area (Å²) in [7, 11) is 1.52. The number of halogens is 1. The van der Waals surface area contributed by atoms with E-state index in [1.54, 1.807) is 6.07 Å². The largest absolute Gasteiger partial charge is 0.496 e. The van der Waals surface area contributed by atoms with E-state index in [9.17, 15) is 9.18 Å². The first-order valence-corrected chi connectivity index (χ1v) is 7.50. The number of aromatic nitrogens is 1. The van der Waals surface area contributed by atoms with Crippen LogP contribution in [0.4, 0.5) is 4.39 Å². The lowest BCUT2D eigenvalue weighted by atomic mass is 9.99. The molecule has 0 unspecified atom stereocenters. The van der Waals surface area contributed by atoms with Gasteiger partial charge in [0, 0.05) is 22.0 Å². The van der Waals surface area contributed by atoms with E-state index in [1.165, 1.54) is 19.2 Å². The number of aldehydes is 1. The van der Waals surface area contributed by atoms with Crippen molar-refractivity contribution < 1.29 is 13.9 Å². The number of benzene rings is 2. The number of aromatic amines is 1. The molecule has 0 spiro atoms. The monoisotopic (exact) mass is 311 g/mol. The zero-order valence-corrected chi connectivity index (χ0v) is 13.3. The highest BCUT2D eigenvalue weighted by Crippen LogP contribution is 2.36. The van der Waals surface area contributed by atoms with Gasteiger partial charge in [-0.2, -0.15) is 0 Å². The SMILES string of the molecule is COc1ccc(F)cc1-c1[nH]c2ccc(C(C)C)cc2c1C=O. The minimum atomic E-state index is -0.376. The molecule has 23 heavy (non-hydrogen) atoms. The Balaban J connectivity index is 2.30. The Labute approximate surface area is 134 Å². The molecule has 0 saturated heterocycles. The number of hydrogen-bond acceptors (Lipinski definition) is 2. The van der Waals surface area contributed by atoms with Crippen LogP contribution in [0.15, 0.2) is 36.4 Å². The van der Waals surface area contributed by atoms with Gasteiger partial charge in [-0.25, -0.2) is 4.39 Å². The van der Waals surface area contributed by atoms with Crippen LogP contribution in [0, 0.1) is 5.82 Å². The fourth-order valence-corrected chi connectivity index (χ4v) is 2.80. The van der Waals surface area contributed by atoms with Crippen LogP contribution in [0.1, 0.15) is 35.7 Å². The van der Waals surface area contributed by atoms with Gasteiger partial charge < -0.3 is 9.72 Å². The molecular formula is C19H18FNO2. The molecule has 0 bridgehead atoms. The van der Waals surface area contributed by atoms with Gasteiger partial charge in [-0.3, -0.25) is 4.79 Å². The summed E-state index contributed by atoms with van der Waals surface area (Å²) >= 11 is 0. The number of nitrogens with one attached hydrogen (secondary N) is 1. The van der Waals surface area contributed by atoms with E-state index in [0.717, 1.165) is 22.8 Å². The molecule has 2 aromatic carbocycles. The van der Waals surface area contributed by atoms with Crippen LogP contribution < -0.4 is 4.74 Å². The quantitative estimate of drug-likeness (QED) is 0.695. The highest BCUT2D eigenvalue weighted by Gasteiger charge is 2.17. The summed E-state index contributed by atoms with van der Waals surface area (Å²) in [6.07, 6.45) is 0.808. The van der Waals surface area contributed by atoms with E-state index < -0.39 is 0 Å². The summed E-state index contributed by atoms with van der Waals surface area (Å²) in [6.45, 7) is 4.20. The van der Waals surface area contributed by atoms with Gasteiger partial charge >= 0.3 is 0 Å². The van der Waals surface area contributed by atoms with Crippen LogP contribution >= 0.6 is 0 Å². The molecule has 0 radical (unpaired) electrons. The Bertz CT molecular complexity index is 880.